The zero-order valence-corrected chi connectivity index (χ0v) is 14.9. The highest BCUT2D eigenvalue weighted by atomic mass is 35.5. The molecule has 5 nitrogen and oxygen atoms in total. The van der Waals surface area contributed by atoms with Gasteiger partial charge in [0.25, 0.3) is 11.5 Å². The standard InChI is InChI=1S/C19H16ClFN2O3/c1-3-23(12-6-4-5-11(21)9-12)19(26)15-17(24)14-13(22-18(15)25)8-7-10(2)16(14)20/h4-9H,3H2,1-2H3,(H2,22,24,25). The number of aryl methyl sites for hydroxylation is 1. The summed E-state index contributed by atoms with van der Waals surface area (Å²) in [5.74, 6) is -1.74. The fourth-order valence-corrected chi connectivity index (χ4v) is 3.11. The summed E-state index contributed by atoms with van der Waals surface area (Å²) in [4.78, 5) is 29.2. The minimum Gasteiger partial charge on any atom is -0.506 e. The summed E-state index contributed by atoms with van der Waals surface area (Å²) >= 11 is 6.26. The molecule has 0 saturated carbocycles. The van der Waals surface area contributed by atoms with E-state index < -0.39 is 28.6 Å². The largest absolute Gasteiger partial charge is 0.506 e. The second-order valence-electron chi connectivity index (χ2n) is 5.83. The molecular formula is C19H16ClFN2O3. The summed E-state index contributed by atoms with van der Waals surface area (Å²) in [5.41, 5.74) is 0.128. The van der Waals surface area contributed by atoms with Crippen molar-refractivity contribution in [2.24, 2.45) is 0 Å². The molecule has 0 fully saturated rings. The highest BCUT2D eigenvalue weighted by molar-refractivity contribution is 6.37. The lowest BCUT2D eigenvalue weighted by atomic mass is 10.1. The maximum absolute atomic E-state index is 13.5. The van der Waals surface area contributed by atoms with Crippen molar-refractivity contribution < 1.29 is 14.3 Å². The van der Waals surface area contributed by atoms with Crippen LogP contribution in [0.15, 0.2) is 41.2 Å². The number of nitrogens with one attached hydrogen (secondary N) is 1. The number of H-pyrrole nitrogens is 1. The van der Waals surface area contributed by atoms with Crippen molar-refractivity contribution >= 4 is 34.1 Å². The van der Waals surface area contributed by atoms with E-state index in [1.165, 1.54) is 23.1 Å². The van der Waals surface area contributed by atoms with E-state index in [1.54, 1.807) is 32.0 Å². The van der Waals surface area contributed by atoms with Gasteiger partial charge in [-0.25, -0.2) is 4.39 Å². The van der Waals surface area contributed by atoms with E-state index in [4.69, 9.17) is 11.6 Å². The Labute approximate surface area is 153 Å². The maximum Gasteiger partial charge on any atom is 0.267 e. The van der Waals surface area contributed by atoms with Crippen LogP contribution in [0, 0.1) is 12.7 Å². The third-order valence-corrected chi connectivity index (χ3v) is 4.67. The van der Waals surface area contributed by atoms with Gasteiger partial charge in [-0.2, -0.15) is 0 Å². The number of nitrogens with zero attached hydrogens (tertiary/aromatic N) is 1. The first-order valence-electron chi connectivity index (χ1n) is 7.96. The lowest BCUT2D eigenvalue weighted by Gasteiger charge is -2.21. The first kappa shape index (κ1) is 17.9. The van der Waals surface area contributed by atoms with Crippen molar-refractivity contribution in [2.75, 3.05) is 11.4 Å². The van der Waals surface area contributed by atoms with Crippen LogP contribution in [-0.4, -0.2) is 22.5 Å². The van der Waals surface area contributed by atoms with E-state index in [9.17, 15) is 19.1 Å². The molecule has 134 valence electrons. The second-order valence-corrected chi connectivity index (χ2v) is 6.20. The number of aromatic hydroxyl groups is 1. The van der Waals surface area contributed by atoms with Crippen LogP contribution in [0.1, 0.15) is 22.8 Å². The molecule has 0 bridgehead atoms. The maximum atomic E-state index is 13.5. The van der Waals surface area contributed by atoms with E-state index in [1.807, 2.05) is 0 Å². The zero-order chi connectivity index (χ0) is 19.0. The fourth-order valence-electron chi connectivity index (χ4n) is 2.85. The van der Waals surface area contributed by atoms with Gasteiger partial charge < -0.3 is 15.0 Å². The SMILES string of the molecule is CCN(C(=O)c1c(O)c2c(Cl)c(C)ccc2[nH]c1=O)c1cccc(F)c1. The fraction of sp³-hybridized carbons (Fsp3) is 0.158. The number of pyridine rings is 1. The molecule has 26 heavy (non-hydrogen) atoms. The molecule has 0 saturated heterocycles. The molecule has 7 heteroatoms. The smallest absolute Gasteiger partial charge is 0.267 e. The number of rotatable bonds is 3. The Kier molecular flexibility index (Phi) is 4.70. The normalized spacial score (nSPS) is 10.9. The predicted molar refractivity (Wildman–Crippen MR) is 99.7 cm³/mol. The molecule has 1 heterocycles. The van der Waals surface area contributed by atoms with Crippen molar-refractivity contribution in [1.29, 1.82) is 0 Å². The minimum absolute atomic E-state index is 0.181. The highest BCUT2D eigenvalue weighted by Gasteiger charge is 2.26. The number of carbonyl (C=O) groups is 1. The number of hydrogen-bond acceptors (Lipinski definition) is 3. The predicted octanol–water partition coefficient (Wildman–Crippen LogP) is 4.00. The molecule has 0 aliphatic carbocycles. The van der Waals surface area contributed by atoms with Crippen LogP contribution in [0.5, 0.6) is 5.75 Å². The number of halogens is 2. The van der Waals surface area contributed by atoms with Crippen LogP contribution in [0.25, 0.3) is 10.9 Å². The Bertz CT molecular complexity index is 1080. The van der Waals surface area contributed by atoms with Crippen molar-refractivity contribution in [3.8, 4) is 5.75 Å². The number of amides is 1. The summed E-state index contributed by atoms with van der Waals surface area (Å²) in [5, 5.41) is 11.1. The molecule has 0 aliphatic rings. The Morgan fingerprint density at radius 3 is 2.69 bits per heavy atom. The molecule has 2 N–H and O–H groups in total. The van der Waals surface area contributed by atoms with Gasteiger partial charge in [-0.1, -0.05) is 23.7 Å². The summed E-state index contributed by atoms with van der Waals surface area (Å²) < 4.78 is 13.5. The lowest BCUT2D eigenvalue weighted by molar-refractivity contribution is 0.0984. The number of fused-ring (bicyclic) bond motifs is 1. The van der Waals surface area contributed by atoms with Crippen LogP contribution in [0.3, 0.4) is 0 Å². The number of hydrogen-bond donors (Lipinski definition) is 2. The first-order valence-corrected chi connectivity index (χ1v) is 8.34. The molecule has 0 spiro atoms. The summed E-state index contributed by atoms with van der Waals surface area (Å²) in [6, 6.07) is 8.76. The van der Waals surface area contributed by atoms with Crippen LogP contribution in [-0.2, 0) is 0 Å². The van der Waals surface area contributed by atoms with Crippen LogP contribution in [0.4, 0.5) is 10.1 Å². The minimum atomic E-state index is -0.741. The van der Waals surface area contributed by atoms with Gasteiger partial charge >= 0.3 is 0 Å². The lowest BCUT2D eigenvalue weighted by Crippen LogP contribution is -2.35. The molecule has 0 unspecified atom stereocenters. The van der Waals surface area contributed by atoms with Gasteiger partial charge in [0.1, 0.15) is 17.1 Å². The number of anilines is 1. The Morgan fingerprint density at radius 2 is 2.04 bits per heavy atom. The summed E-state index contributed by atoms with van der Waals surface area (Å²) in [6.45, 7) is 3.62. The van der Waals surface area contributed by atoms with E-state index in [2.05, 4.69) is 4.98 Å². The number of carbonyl (C=O) groups excluding carboxylic acids is 1. The molecule has 3 aromatic rings. The quantitative estimate of drug-likeness (QED) is 0.727. The van der Waals surface area contributed by atoms with Crippen LogP contribution < -0.4 is 10.5 Å². The van der Waals surface area contributed by atoms with Crippen molar-refractivity contribution in [3.63, 3.8) is 0 Å². The molecule has 1 amide bonds. The zero-order valence-electron chi connectivity index (χ0n) is 14.1. The van der Waals surface area contributed by atoms with Gasteiger partial charge in [0.15, 0.2) is 0 Å². The van der Waals surface area contributed by atoms with Crippen molar-refractivity contribution in [3.05, 3.63) is 68.7 Å². The van der Waals surface area contributed by atoms with E-state index in [0.717, 1.165) is 0 Å². The van der Waals surface area contributed by atoms with E-state index in [0.29, 0.717) is 11.1 Å². The molecular weight excluding hydrogens is 359 g/mol. The molecule has 0 atom stereocenters. The molecule has 0 radical (unpaired) electrons. The number of benzene rings is 2. The Balaban J connectivity index is 2.22. The van der Waals surface area contributed by atoms with Crippen molar-refractivity contribution in [2.45, 2.75) is 13.8 Å². The average Bonchev–Trinajstić information content (AvgIpc) is 2.58. The molecule has 1 aromatic heterocycles. The summed E-state index contributed by atoms with van der Waals surface area (Å²) in [7, 11) is 0. The topological polar surface area (TPSA) is 73.4 Å². The van der Waals surface area contributed by atoms with Gasteiger partial charge in [-0.3, -0.25) is 9.59 Å². The number of aromatic amines is 1. The summed E-state index contributed by atoms with van der Waals surface area (Å²) in [6.07, 6.45) is 0. The van der Waals surface area contributed by atoms with Gasteiger partial charge in [0.05, 0.1) is 15.9 Å². The van der Waals surface area contributed by atoms with Crippen molar-refractivity contribution in [1.82, 2.24) is 4.98 Å². The first-order chi connectivity index (χ1) is 12.3. The van der Waals surface area contributed by atoms with Gasteiger partial charge in [-0.05, 0) is 43.7 Å². The van der Waals surface area contributed by atoms with Crippen LogP contribution in [0.2, 0.25) is 5.02 Å². The molecule has 3 rings (SSSR count). The van der Waals surface area contributed by atoms with Gasteiger partial charge in [0.2, 0.25) is 0 Å². The van der Waals surface area contributed by atoms with Crippen LogP contribution >= 0.6 is 11.6 Å². The highest BCUT2D eigenvalue weighted by Crippen LogP contribution is 2.34. The average molecular weight is 375 g/mol. The van der Waals surface area contributed by atoms with Gasteiger partial charge in [0, 0.05) is 12.2 Å². The monoisotopic (exact) mass is 374 g/mol. The molecule has 2 aromatic carbocycles. The number of aromatic nitrogens is 1. The third-order valence-electron chi connectivity index (χ3n) is 4.18. The van der Waals surface area contributed by atoms with Gasteiger partial charge in [-0.15, -0.1) is 0 Å². The Hall–Kier alpha value is -2.86. The molecule has 0 aliphatic heterocycles. The second kappa shape index (κ2) is 6.80. The van der Waals surface area contributed by atoms with E-state index >= 15 is 0 Å². The third kappa shape index (κ3) is 2.93. The van der Waals surface area contributed by atoms with E-state index in [-0.39, 0.29) is 22.6 Å². The Morgan fingerprint density at radius 1 is 1.31 bits per heavy atom.